The number of nitrogens with one attached hydrogen (secondary N) is 1. The smallest absolute Gasteiger partial charge is 0.157 e. The van der Waals surface area contributed by atoms with Crippen LogP contribution in [0.1, 0.15) is 32.6 Å². The lowest BCUT2D eigenvalue weighted by atomic mass is 9.99. The van der Waals surface area contributed by atoms with Crippen molar-refractivity contribution in [2.24, 2.45) is 10.9 Å². The number of piperidine rings is 1. The third kappa shape index (κ3) is 2.79. The number of thioether (sulfide) groups is 1. The van der Waals surface area contributed by atoms with E-state index < -0.39 is 0 Å². The van der Waals surface area contributed by atoms with Crippen LogP contribution in [-0.4, -0.2) is 47.5 Å². The fourth-order valence-electron chi connectivity index (χ4n) is 2.78. The third-order valence-electron chi connectivity index (χ3n) is 4.36. The molecule has 17 heavy (non-hydrogen) atoms. The van der Waals surface area contributed by atoms with E-state index in [9.17, 15) is 0 Å². The molecular formula is C13H23N3S. The van der Waals surface area contributed by atoms with Gasteiger partial charge in [-0.25, -0.2) is 0 Å². The van der Waals surface area contributed by atoms with Crippen molar-refractivity contribution in [3.63, 3.8) is 0 Å². The highest BCUT2D eigenvalue weighted by atomic mass is 32.2. The lowest BCUT2D eigenvalue weighted by molar-refractivity contribution is 0.177. The first kappa shape index (κ1) is 11.8. The van der Waals surface area contributed by atoms with E-state index in [1.165, 1.54) is 37.4 Å². The molecule has 3 atom stereocenters. The van der Waals surface area contributed by atoms with Gasteiger partial charge in [0.25, 0.3) is 0 Å². The SMILES string of the molecule is CC1CC(NC2=NCC(C3CC3)S2)CCN1C. The standard InChI is InChI=1S/C13H23N3S/c1-9-7-11(5-6-16(9)2)15-13-14-8-12(17-13)10-3-4-10/h9-12H,3-8H2,1-2H3,(H,14,15). The third-order valence-corrected chi connectivity index (χ3v) is 5.67. The van der Waals surface area contributed by atoms with Crippen molar-refractivity contribution in [1.82, 2.24) is 10.2 Å². The second-order valence-electron chi connectivity index (χ2n) is 5.83. The average Bonchev–Trinajstić information content (AvgIpc) is 3.06. The molecule has 1 saturated carbocycles. The molecular weight excluding hydrogens is 230 g/mol. The number of nitrogens with zero attached hydrogens (tertiary/aromatic N) is 2. The van der Waals surface area contributed by atoms with Gasteiger partial charge in [0, 0.05) is 23.9 Å². The quantitative estimate of drug-likeness (QED) is 0.815. The number of hydrogen-bond donors (Lipinski definition) is 1. The summed E-state index contributed by atoms with van der Waals surface area (Å²) in [5.74, 6) is 0.972. The topological polar surface area (TPSA) is 27.6 Å². The minimum atomic E-state index is 0.644. The van der Waals surface area contributed by atoms with Crippen LogP contribution in [0.2, 0.25) is 0 Å². The Labute approximate surface area is 108 Å². The molecule has 3 nitrogen and oxygen atoms in total. The van der Waals surface area contributed by atoms with Gasteiger partial charge >= 0.3 is 0 Å². The van der Waals surface area contributed by atoms with E-state index in [1.54, 1.807) is 0 Å². The Balaban J connectivity index is 1.47. The maximum atomic E-state index is 4.67. The van der Waals surface area contributed by atoms with Crippen LogP contribution >= 0.6 is 11.8 Å². The van der Waals surface area contributed by atoms with E-state index >= 15 is 0 Å². The normalized spacial score (nSPS) is 39.2. The molecule has 1 aliphatic carbocycles. The van der Waals surface area contributed by atoms with Gasteiger partial charge in [-0.05, 0) is 45.6 Å². The predicted octanol–water partition coefficient (Wildman–Crippen LogP) is 1.94. The zero-order valence-electron chi connectivity index (χ0n) is 10.9. The van der Waals surface area contributed by atoms with Gasteiger partial charge < -0.3 is 10.2 Å². The summed E-state index contributed by atoms with van der Waals surface area (Å²) >= 11 is 2.00. The van der Waals surface area contributed by atoms with Gasteiger partial charge in [-0.3, -0.25) is 4.99 Å². The van der Waals surface area contributed by atoms with Crippen LogP contribution in [0.3, 0.4) is 0 Å². The largest absolute Gasteiger partial charge is 0.362 e. The van der Waals surface area contributed by atoms with Crippen LogP contribution in [0.4, 0.5) is 0 Å². The first-order valence-corrected chi connectivity index (χ1v) is 7.78. The maximum absolute atomic E-state index is 4.67. The molecule has 4 heteroatoms. The molecule has 0 bridgehead atoms. The minimum absolute atomic E-state index is 0.644. The van der Waals surface area contributed by atoms with Gasteiger partial charge in [-0.2, -0.15) is 0 Å². The Morgan fingerprint density at radius 1 is 1.35 bits per heavy atom. The van der Waals surface area contributed by atoms with Crippen molar-refractivity contribution >= 4 is 16.9 Å². The molecule has 2 heterocycles. The van der Waals surface area contributed by atoms with E-state index in [4.69, 9.17) is 0 Å². The Kier molecular flexibility index (Phi) is 3.35. The van der Waals surface area contributed by atoms with Crippen molar-refractivity contribution < 1.29 is 0 Å². The first-order chi connectivity index (χ1) is 8.22. The van der Waals surface area contributed by atoms with Gasteiger partial charge in [0.1, 0.15) is 0 Å². The minimum Gasteiger partial charge on any atom is -0.362 e. The summed E-state index contributed by atoms with van der Waals surface area (Å²) in [7, 11) is 2.23. The molecule has 96 valence electrons. The predicted molar refractivity (Wildman–Crippen MR) is 74.7 cm³/mol. The van der Waals surface area contributed by atoms with Gasteiger partial charge in [-0.1, -0.05) is 11.8 Å². The highest BCUT2D eigenvalue weighted by Crippen LogP contribution is 2.41. The summed E-state index contributed by atoms with van der Waals surface area (Å²) in [6, 6.07) is 1.35. The number of aliphatic imine (C=N–C) groups is 1. The molecule has 1 N–H and O–H groups in total. The molecule has 0 aromatic heterocycles. The van der Waals surface area contributed by atoms with Crippen molar-refractivity contribution in [2.75, 3.05) is 20.1 Å². The number of likely N-dealkylation sites (tertiary alicyclic amines) is 1. The Hall–Kier alpha value is -0.220. The van der Waals surface area contributed by atoms with Gasteiger partial charge in [-0.15, -0.1) is 0 Å². The van der Waals surface area contributed by atoms with Crippen molar-refractivity contribution in [3.05, 3.63) is 0 Å². The highest BCUT2D eigenvalue weighted by Gasteiger charge is 2.36. The van der Waals surface area contributed by atoms with Crippen LogP contribution in [-0.2, 0) is 0 Å². The van der Waals surface area contributed by atoms with Crippen molar-refractivity contribution in [1.29, 1.82) is 0 Å². The molecule has 0 aromatic rings. The molecule has 1 saturated heterocycles. The summed E-state index contributed by atoms with van der Waals surface area (Å²) in [5, 5.41) is 5.69. The van der Waals surface area contributed by atoms with Crippen LogP contribution in [0, 0.1) is 5.92 Å². The highest BCUT2D eigenvalue weighted by molar-refractivity contribution is 8.14. The number of amidine groups is 1. The van der Waals surface area contributed by atoms with E-state index in [2.05, 4.69) is 29.2 Å². The van der Waals surface area contributed by atoms with E-state index in [0.29, 0.717) is 12.1 Å². The zero-order valence-corrected chi connectivity index (χ0v) is 11.7. The maximum Gasteiger partial charge on any atom is 0.157 e. The second kappa shape index (κ2) is 4.81. The zero-order chi connectivity index (χ0) is 11.8. The lowest BCUT2D eigenvalue weighted by Crippen LogP contribution is -2.46. The summed E-state index contributed by atoms with van der Waals surface area (Å²) in [4.78, 5) is 7.12. The molecule has 0 spiro atoms. The lowest BCUT2D eigenvalue weighted by Gasteiger charge is -2.35. The molecule has 0 aromatic carbocycles. The van der Waals surface area contributed by atoms with E-state index in [1.807, 2.05) is 11.8 Å². The molecule has 3 rings (SSSR count). The summed E-state index contributed by atoms with van der Waals surface area (Å²) < 4.78 is 0. The molecule has 2 aliphatic heterocycles. The summed E-state index contributed by atoms with van der Waals surface area (Å²) in [6.07, 6.45) is 5.39. The average molecular weight is 253 g/mol. The molecule has 2 fully saturated rings. The molecule has 0 radical (unpaired) electrons. The number of hydrogen-bond acceptors (Lipinski definition) is 4. The van der Waals surface area contributed by atoms with Gasteiger partial charge in [0.05, 0.1) is 6.54 Å². The Morgan fingerprint density at radius 3 is 2.88 bits per heavy atom. The molecule has 3 unspecified atom stereocenters. The van der Waals surface area contributed by atoms with E-state index in [-0.39, 0.29) is 0 Å². The van der Waals surface area contributed by atoms with Crippen LogP contribution in [0.25, 0.3) is 0 Å². The number of rotatable bonds is 2. The summed E-state index contributed by atoms with van der Waals surface area (Å²) in [6.45, 7) is 4.59. The summed E-state index contributed by atoms with van der Waals surface area (Å²) in [5.41, 5.74) is 0. The second-order valence-corrected chi connectivity index (χ2v) is 7.06. The van der Waals surface area contributed by atoms with E-state index in [0.717, 1.165) is 17.7 Å². The van der Waals surface area contributed by atoms with Crippen LogP contribution < -0.4 is 5.32 Å². The fourth-order valence-corrected chi connectivity index (χ4v) is 4.06. The monoisotopic (exact) mass is 253 g/mol. The Bertz CT molecular complexity index is 314. The van der Waals surface area contributed by atoms with Gasteiger partial charge in [0.15, 0.2) is 5.17 Å². The van der Waals surface area contributed by atoms with Crippen LogP contribution in [0.15, 0.2) is 4.99 Å². The first-order valence-electron chi connectivity index (χ1n) is 6.90. The van der Waals surface area contributed by atoms with Gasteiger partial charge in [0.2, 0.25) is 0 Å². The molecule has 0 amide bonds. The van der Waals surface area contributed by atoms with Crippen molar-refractivity contribution in [3.8, 4) is 0 Å². The molecule has 3 aliphatic rings. The van der Waals surface area contributed by atoms with Crippen LogP contribution in [0.5, 0.6) is 0 Å². The van der Waals surface area contributed by atoms with Crippen molar-refractivity contribution in [2.45, 2.75) is 49.9 Å². The fraction of sp³-hybridized carbons (Fsp3) is 0.923. The Morgan fingerprint density at radius 2 is 2.18 bits per heavy atom.